The van der Waals surface area contributed by atoms with Gasteiger partial charge in [-0.1, -0.05) is 13.3 Å². The number of aromatic nitrogens is 2. The van der Waals surface area contributed by atoms with Crippen LogP contribution in [0, 0.1) is 0 Å². The second-order valence-corrected chi connectivity index (χ2v) is 4.96. The van der Waals surface area contributed by atoms with Gasteiger partial charge in [-0.15, -0.1) is 0 Å². The normalized spacial score (nSPS) is 16.8. The van der Waals surface area contributed by atoms with Crippen molar-refractivity contribution in [2.75, 3.05) is 14.2 Å². The van der Waals surface area contributed by atoms with Gasteiger partial charge in [0.25, 0.3) is 0 Å². The van der Waals surface area contributed by atoms with E-state index in [4.69, 9.17) is 9.72 Å². The van der Waals surface area contributed by atoms with Crippen molar-refractivity contribution in [3.8, 4) is 0 Å². The Morgan fingerprint density at radius 1 is 1.50 bits per heavy atom. The van der Waals surface area contributed by atoms with Crippen LogP contribution in [-0.2, 0) is 11.3 Å². The summed E-state index contributed by atoms with van der Waals surface area (Å²) < 4.78 is 5.49. The molecule has 0 aliphatic heterocycles. The third-order valence-electron chi connectivity index (χ3n) is 3.37. The third-order valence-corrected chi connectivity index (χ3v) is 3.37. The molecular formula is C14H23N3O. The molecule has 1 aromatic rings. The molecule has 1 N–H and O–H groups in total. The first-order chi connectivity index (χ1) is 8.80. The highest BCUT2D eigenvalue weighted by atomic mass is 16.5. The molecule has 0 bridgehead atoms. The van der Waals surface area contributed by atoms with Gasteiger partial charge in [0.2, 0.25) is 0 Å². The molecule has 0 amide bonds. The Hall–Kier alpha value is -1.00. The van der Waals surface area contributed by atoms with Gasteiger partial charge in [0.15, 0.2) is 5.82 Å². The molecule has 18 heavy (non-hydrogen) atoms. The Balaban J connectivity index is 2.24. The second-order valence-electron chi connectivity index (χ2n) is 4.96. The van der Waals surface area contributed by atoms with Crippen LogP contribution in [-0.4, -0.2) is 24.1 Å². The van der Waals surface area contributed by atoms with E-state index in [1.807, 2.05) is 13.2 Å². The summed E-state index contributed by atoms with van der Waals surface area (Å²) in [4.78, 5) is 9.25. The van der Waals surface area contributed by atoms with E-state index in [1.165, 1.54) is 24.1 Å². The zero-order valence-corrected chi connectivity index (χ0v) is 11.6. The SMILES string of the molecule is CCCC(OC)c1ncc(CNC)c(C2CC2)n1. The van der Waals surface area contributed by atoms with Crippen molar-refractivity contribution < 1.29 is 4.74 Å². The molecule has 1 aliphatic rings. The van der Waals surface area contributed by atoms with Gasteiger partial charge < -0.3 is 10.1 Å². The summed E-state index contributed by atoms with van der Waals surface area (Å²) in [5.41, 5.74) is 2.46. The van der Waals surface area contributed by atoms with Crippen molar-refractivity contribution in [3.05, 3.63) is 23.3 Å². The zero-order valence-electron chi connectivity index (χ0n) is 11.6. The summed E-state index contributed by atoms with van der Waals surface area (Å²) in [5.74, 6) is 1.50. The van der Waals surface area contributed by atoms with Crippen molar-refractivity contribution in [2.45, 2.75) is 51.2 Å². The highest BCUT2D eigenvalue weighted by Gasteiger charge is 2.28. The molecular weight excluding hydrogens is 226 g/mol. The molecule has 0 saturated heterocycles. The van der Waals surface area contributed by atoms with Crippen LogP contribution in [0.5, 0.6) is 0 Å². The maximum atomic E-state index is 5.49. The van der Waals surface area contributed by atoms with E-state index in [2.05, 4.69) is 17.2 Å². The molecule has 1 saturated carbocycles. The Morgan fingerprint density at radius 2 is 2.28 bits per heavy atom. The summed E-state index contributed by atoms with van der Waals surface area (Å²) >= 11 is 0. The highest BCUT2D eigenvalue weighted by molar-refractivity contribution is 5.25. The molecule has 4 heteroatoms. The lowest BCUT2D eigenvalue weighted by molar-refractivity contribution is 0.0873. The maximum absolute atomic E-state index is 5.49. The van der Waals surface area contributed by atoms with Gasteiger partial charge in [-0.3, -0.25) is 0 Å². The van der Waals surface area contributed by atoms with Crippen LogP contribution in [0.3, 0.4) is 0 Å². The predicted octanol–water partition coefficient (Wildman–Crippen LogP) is 2.56. The average molecular weight is 249 g/mol. The summed E-state index contributed by atoms with van der Waals surface area (Å²) in [6, 6.07) is 0. The van der Waals surface area contributed by atoms with Crippen molar-refractivity contribution >= 4 is 0 Å². The summed E-state index contributed by atoms with van der Waals surface area (Å²) in [6.45, 7) is 3.00. The number of nitrogens with one attached hydrogen (secondary N) is 1. The van der Waals surface area contributed by atoms with Crippen LogP contribution in [0.1, 0.15) is 61.7 Å². The van der Waals surface area contributed by atoms with Gasteiger partial charge >= 0.3 is 0 Å². The summed E-state index contributed by atoms with van der Waals surface area (Å²) in [6.07, 6.45) is 6.59. The molecule has 1 aliphatic carbocycles. The van der Waals surface area contributed by atoms with Crippen molar-refractivity contribution in [3.63, 3.8) is 0 Å². The zero-order chi connectivity index (χ0) is 13.0. The van der Waals surface area contributed by atoms with E-state index in [0.29, 0.717) is 5.92 Å². The van der Waals surface area contributed by atoms with E-state index in [1.54, 1.807) is 7.11 Å². The first-order valence-electron chi connectivity index (χ1n) is 6.83. The number of hydrogen-bond donors (Lipinski definition) is 1. The molecule has 2 rings (SSSR count). The van der Waals surface area contributed by atoms with Crippen molar-refractivity contribution in [2.24, 2.45) is 0 Å². The molecule has 4 nitrogen and oxygen atoms in total. The molecule has 100 valence electrons. The van der Waals surface area contributed by atoms with E-state index in [9.17, 15) is 0 Å². The van der Waals surface area contributed by atoms with Gasteiger partial charge in [-0.2, -0.15) is 0 Å². The van der Waals surface area contributed by atoms with Crippen molar-refractivity contribution in [1.82, 2.24) is 15.3 Å². The number of ether oxygens (including phenoxy) is 1. The quantitative estimate of drug-likeness (QED) is 0.806. The van der Waals surface area contributed by atoms with Gasteiger partial charge in [-0.25, -0.2) is 9.97 Å². The Kier molecular flexibility index (Phi) is 4.66. The summed E-state index contributed by atoms with van der Waals surface area (Å²) in [5, 5.41) is 3.18. The minimum absolute atomic E-state index is 0.0381. The van der Waals surface area contributed by atoms with E-state index >= 15 is 0 Å². The van der Waals surface area contributed by atoms with E-state index in [-0.39, 0.29) is 6.10 Å². The Labute approximate surface area is 109 Å². The monoisotopic (exact) mass is 249 g/mol. The first-order valence-corrected chi connectivity index (χ1v) is 6.83. The van der Waals surface area contributed by atoms with Crippen LogP contribution in [0.2, 0.25) is 0 Å². The average Bonchev–Trinajstić information content (AvgIpc) is 3.21. The van der Waals surface area contributed by atoms with Gasteiger partial charge in [0, 0.05) is 31.3 Å². The molecule has 0 radical (unpaired) electrons. The lowest BCUT2D eigenvalue weighted by atomic mass is 10.1. The Morgan fingerprint density at radius 3 is 2.83 bits per heavy atom. The minimum Gasteiger partial charge on any atom is -0.373 e. The summed E-state index contributed by atoms with van der Waals surface area (Å²) in [7, 11) is 3.70. The molecule has 0 aromatic carbocycles. The van der Waals surface area contributed by atoms with E-state index < -0.39 is 0 Å². The van der Waals surface area contributed by atoms with Gasteiger partial charge in [0.05, 0.1) is 5.69 Å². The molecule has 0 spiro atoms. The number of hydrogen-bond acceptors (Lipinski definition) is 4. The van der Waals surface area contributed by atoms with Crippen LogP contribution in [0.4, 0.5) is 0 Å². The van der Waals surface area contributed by atoms with Crippen LogP contribution in [0.25, 0.3) is 0 Å². The lowest BCUT2D eigenvalue weighted by Crippen LogP contribution is -2.13. The first kappa shape index (κ1) is 13.4. The van der Waals surface area contributed by atoms with Crippen LogP contribution < -0.4 is 5.32 Å². The fraction of sp³-hybridized carbons (Fsp3) is 0.714. The fourth-order valence-corrected chi connectivity index (χ4v) is 2.24. The molecule has 1 unspecified atom stereocenters. The van der Waals surface area contributed by atoms with Crippen LogP contribution >= 0.6 is 0 Å². The highest BCUT2D eigenvalue weighted by Crippen LogP contribution is 2.40. The van der Waals surface area contributed by atoms with Gasteiger partial charge in [0.1, 0.15) is 6.10 Å². The standard InChI is InChI=1S/C14H23N3O/c1-4-5-12(18-3)14-16-9-11(8-15-2)13(17-14)10-6-7-10/h9-10,12,15H,4-8H2,1-3H3. The van der Waals surface area contributed by atoms with Crippen LogP contribution in [0.15, 0.2) is 6.20 Å². The minimum atomic E-state index is 0.0381. The largest absolute Gasteiger partial charge is 0.373 e. The number of nitrogens with zero attached hydrogens (tertiary/aromatic N) is 2. The smallest absolute Gasteiger partial charge is 0.157 e. The topological polar surface area (TPSA) is 47.0 Å². The number of rotatable bonds is 7. The molecule has 1 atom stereocenters. The molecule has 1 heterocycles. The fourth-order valence-electron chi connectivity index (χ4n) is 2.24. The van der Waals surface area contributed by atoms with Gasteiger partial charge in [-0.05, 0) is 26.3 Å². The molecule has 1 aromatic heterocycles. The van der Waals surface area contributed by atoms with E-state index in [0.717, 1.165) is 25.2 Å². The maximum Gasteiger partial charge on any atom is 0.157 e. The third kappa shape index (κ3) is 3.06. The number of methoxy groups -OCH3 is 1. The molecule has 1 fully saturated rings. The second kappa shape index (κ2) is 6.25. The van der Waals surface area contributed by atoms with Crippen molar-refractivity contribution in [1.29, 1.82) is 0 Å². The Bertz CT molecular complexity index is 391. The predicted molar refractivity (Wildman–Crippen MR) is 71.4 cm³/mol. The lowest BCUT2D eigenvalue weighted by Gasteiger charge is -2.15.